The number of ether oxygens (including phenoxy) is 1. The van der Waals surface area contributed by atoms with E-state index in [0.29, 0.717) is 11.6 Å². The molecule has 0 bridgehead atoms. The van der Waals surface area contributed by atoms with Crippen LogP contribution in [-0.4, -0.2) is 28.2 Å². The smallest absolute Gasteiger partial charge is 0.358 e. The number of rotatable bonds is 3. The van der Waals surface area contributed by atoms with Gasteiger partial charge in [-0.1, -0.05) is 41.5 Å². The highest BCUT2D eigenvalue weighted by atomic mass is 16.5. The average Bonchev–Trinajstić information content (AvgIpc) is 2.54. The minimum atomic E-state index is -0.529. The van der Waals surface area contributed by atoms with Crippen molar-refractivity contribution >= 4 is 17.5 Å². The number of phenols is 1. The van der Waals surface area contributed by atoms with Crippen molar-refractivity contribution in [2.75, 3.05) is 12.4 Å². The minimum Gasteiger partial charge on any atom is -0.507 e. The van der Waals surface area contributed by atoms with E-state index < -0.39 is 5.97 Å². The number of phenolic OH excluding ortho intramolecular Hbond substituents is 1. The number of nitrogens with one attached hydrogen (secondary N) is 1. The molecule has 0 amide bonds. The second kappa shape index (κ2) is 6.94. The van der Waals surface area contributed by atoms with E-state index >= 15 is 0 Å². The lowest BCUT2D eigenvalue weighted by Crippen LogP contribution is -2.17. The standard InChI is InChI=1S/C20H27N3O3/c1-19(2,3)13-8-12(9-14(17(13)24)20(4,5)6)23-16-11-21-15(10-22-16)18(25)26-7/h8-11,24H,1-7H3,(H,22,23). The zero-order chi connectivity index (χ0) is 19.7. The molecule has 1 aromatic heterocycles. The van der Waals surface area contributed by atoms with Crippen LogP contribution in [0.15, 0.2) is 24.5 Å². The quantitative estimate of drug-likeness (QED) is 0.629. The first kappa shape index (κ1) is 19.7. The number of methoxy groups -OCH3 is 1. The summed E-state index contributed by atoms with van der Waals surface area (Å²) in [4.78, 5) is 19.7. The van der Waals surface area contributed by atoms with Crippen molar-refractivity contribution in [3.63, 3.8) is 0 Å². The highest BCUT2D eigenvalue weighted by Gasteiger charge is 2.26. The molecule has 1 aromatic carbocycles. The van der Waals surface area contributed by atoms with E-state index in [1.54, 1.807) is 0 Å². The van der Waals surface area contributed by atoms with Gasteiger partial charge in [0, 0.05) is 16.8 Å². The van der Waals surface area contributed by atoms with Gasteiger partial charge in [-0.25, -0.2) is 14.8 Å². The maximum atomic E-state index is 11.5. The fourth-order valence-electron chi connectivity index (χ4n) is 2.60. The number of hydrogen-bond acceptors (Lipinski definition) is 6. The molecule has 2 rings (SSSR count). The number of anilines is 2. The van der Waals surface area contributed by atoms with Crippen molar-refractivity contribution in [2.45, 2.75) is 52.4 Å². The highest BCUT2D eigenvalue weighted by Crippen LogP contribution is 2.41. The summed E-state index contributed by atoms with van der Waals surface area (Å²) < 4.78 is 4.62. The van der Waals surface area contributed by atoms with E-state index in [1.165, 1.54) is 19.5 Å². The fourth-order valence-corrected chi connectivity index (χ4v) is 2.60. The third-order valence-corrected chi connectivity index (χ3v) is 4.04. The van der Waals surface area contributed by atoms with Gasteiger partial charge in [0.15, 0.2) is 5.69 Å². The van der Waals surface area contributed by atoms with Crippen LogP contribution < -0.4 is 5.32 Å². The van der Waals surface area contributed by atoms with Crippen LogP contribution >= 0.6 is 0 Å². The molecule has 0 spiro atoms. The summed E-state index contributed by atoms with van der Waals surface area (Å²) in [5.74, 6) is 0.296. The van der Waals surface area contributed by atoms with Gasteiger partial charge in [0.2, 0.25) is 0 Å². The van der Waals surface area contributed by atoms with E-state index in [1.807, 2.05) is 12.1 Å². The molecular formula is C20H27N3O3. The predicted octanol–water partition coefficient (Wildman–Crippen LogP) is 4.31. The van der Waals surface area contributed by atoms with Crippen LogP contribution in [0.3, 0.4) is 0 Å². The molecule has 6 nitrogen and oxygen atoms in total. The number of carbonyl (C=O) groups excluding carboxylic acids is 1. The molecule has 26 heavy (non-hydrogen) atoms. The van der Waals surface area contributed by atoms with Crippen molar-refractivity contribution in [1.29, 1.82) is 0 Å². The topological polar surface area (TPSA) is 84.3 Å². The molecule has 0 radical (unpaired) electrons. The summed E-state index contributed by atoms with van der Waals surface area (Å²) in [5.41, 5.74) is 2.22. The maximum absolute atomic E-state index is 11.5. The summed E-state index contributed by atoms with van der Waals surface area (Å²) in [6, 6.07) is 3.83. The van der Waals surface area contributed by atoms with Crippen molar-refractivity contribution < 1.29 is 14.6 Å². The summed E-state index contributed by atoms with van der Waals surface area (Å²) in [5, 5.41) is 14.0. The molecule has 2 N–H and O–H groups in total. The molecule has 0 unspecified atom stereocenters. The van der Waals surface area contributed by atoms with E-state index in [9.17, 15) is 9.90 Å². The van der Waals surface area contributed by atoms with Crippen LogP contribution in [0.1, 0.15) is 63.2 Å². The number of esters is 1. The Morgan fingerprint density at radius 2 is 1.54 bits per heavy atom. The van der Waals surface area contributed by atoms with Crippen LogP contribution in [-0.2, 0) is 15.6 Å². The number of carbonyl (C=O) groups is 1. The SMILES string of the molecule is COC(=O)c1cnc(Nc2cc(C(C)(C)C)c(O)c(C(C)(C)C)c2)cn1. The Labute approximate surface area is 154 Å². The molecule has 1 heterocycles. The molecular weight excluding hydrogens is 330 g/mol. The summed E-state index contributed by atoms with van der Waals surface area (Å²) in [7, 11) is 1.30. The first-order chi connectivity index (χ1) is 11.9. The second-order valence-corrected chi connectivity index (χ2v) is 8.32. The second-order valence-electron chi connectivity index (χ2n) is 8.32. The number of benzene rings is 1. The lowest BCUT2D eigenvalue weighted by Gasteiger charge is -2.28. The molecule has 140 valence electrons. The van der Waals surface area contributed by atoms with E-state index in [4.69, 9.17) is 0 Å². The van der Waals surface area contributed by atoms with Gasteiger partial charge >= 0.3 is 5.97 Å². The summed E-state index contributed by atoms with van der Waals surface area (Å²) in [6.07, 6.45) is 2.84. The Balaban J connectivity index is 2.45. The van der Waals surface area contributed by atoms with Gasteiger partial charge < -0.3 is 15.2 Å². The Kier molecular flexibility index (Phi) is 5.26. The molecule has 0 atom stereocenters. The molecule has 0 saturated heterocycles. The van der Waals surface area contributed by atoms with Crippen molar-refractivity contribution in [2.24, 2.45) is 0 Å². The normalized spacial score (nSPS) is 12.0. The van der Waals surface area contributed by atoms with Gasteiger partial charge in [0.1, 0.15) is 11.6 Å². The van der Waals surface area contributed by atoms with Crippen LogP contribution in [0.5, 0.6) is 5.75 Å². The number of hydrogen-bond donors (Lipinski definition) is 2. The Bertz CT molecular complexity index is 766. The molecule has 0 saturated carbocycles. The molecule has 0 fully saturated rings. The largest absolute Gasteiger partial charge is 0.507 e. The zero-order valence-corrected chi connectivity index (χ0v) is 16.5. The Morgan fingerprint density at radius 1 is 1.00 bits per heavy atom. The average molecular weight is 357 g/mol. The number of nitrogens with zero attached hydrogens (tertiary/aromatic N) is 2. The van der Waals surface area contributed by atoms with E-state index in [-0.39, 0.29) is 16.5 Å². The third-order valence-electron chi connectivity index (χ3n) is 4.04. The van der Waals surface area contributed by atoms with Crippen molar-refractivity contribution in [3.05, 3.63) is 41.3 Å². The first-order valence-electron chi connectivity index (χ1n) is 8.49. The predicted molar refractivity (Wildman–Crippen MR) is 102 cm³/mol. The van der Waals surface area contributed by atoms with E-state index in [0.717, 1.165) is 16.8 Å². The lowest BCUT2D eigenvalue weighted by molar-refractivity contribution is 0.0593. The van der Waals surface area contributed by atoms with Gasteiger partial charge in [-0.05, 0) is 23.0 Å². The molecule has 6 heteroatoms. The van der Waals surface area contributed by atoms with E-state index in [2.05, 4.69) is 61.6 Å². The van der Waals surface area contributed by atoms with Gasteiger partial charge in [-0.3, -0.25) is 0 Å². The minimum absolute atomic E-state index is 0.148. The fraction of sp³-hybridized carbons (Fsp3) is 0.450. The first-order valence-corrected chi connectivity index (χ1v) is 8.49. The van der Waals surface area contributed by atoms with Gasteiger partial charge in [0.05, 0.1) is 19.5 Å². The van der Waals surface area contributed by atoms with Crippen molar-refractivity contribution in [1.82, 2.24) is 9.97 Å². The zero-order valence-electron chi connectivity index (χ0n) is 16.5. The van der Waals surface area contributed by atoms with Crippen LogP contribution in [0.25, 0.3) is 0 Å². The lowest BCUT2D eigenvalue weighted by atomic mass is 9.79. The van der Waals surface area contributed by atoms with Crippen LogP contribution in [0.4, 0.5) is 11.5 Å². The Morgan fingerprint density at radius 3 is 1.92 bits per heavy atom. The molecule has 0 aliphatic heterocycles. The number of aromatic nitrogens is 2. The summed E-state index contributed by atoms with van der Waals surface area (Å²) >= 11 is 0. The molecule has 0 aliphatic rings. The van der Waals surface area contributed by atoms with Crippen molar-refractivity contribution in [3.8, 4) is 5.75 Å². The highest BCUT2D eigenvalue weighted by molar-refractivity contribution is 5.86. The van der Waals surface area contributed by atoms with Gasteiger partial charge in [-0.15, -0.1) is 0 Å². The summed E-state index contributed by atoms with van der Waals surface area (Å²) in [6.45, 7) is 12.4. The maximum Gasteiger partial charge on any atom is 0.358 e. The number of aromatic hydroxyl groups is 1. The Hall–Kier alpha value is -2.63. The van der Waals surface area contributed by atoms with Crippen LogP contribution in [0.2, 0.25) is 0 Å². The van der Waals surface area contributed by atoms with Gasteiger partial charge in [-0.2, -0.15) is 0 Å². The third kappa shape index (κ3) is 4.31. The molecule has 0 aliphatic carbocycles. The van der Waals surface area contributed by atoms with Gasteiger partial charge in [0.25, 0.3) is 0 Å². The monoisotopic (exact) mass is 357 g/mol. The van der Waals surface area contributed by atoms with Crippen LogP contribution in [0, 0.1) is 0 Å². The molecule has 2 aromatic rings.